The van der Waals surface area contributed by atoms with Crippen LogP contribution in [0.4, 0.5) is 5.95 Å². The molecule has 2 heterocycles. The first-order valence-corrected chi connectivity index (χ1v) is 4.80. The van der Waals surface area contributed by atoms with Crippen molar-refractivity contribution in [2.75, 3.05) is 11.9 Å². The molecule has 0 spiro atoms. The molecule has 0 aromatic carbocycles. The summed E-state index contributed by atoms with van der Waals surface area (Å²) in [5.41, 5.74) is 1.01. The van der Waals surface area contributed by atoms with E-state index in [4.69, 9.17) is 5.11 Å². The van der Waals surface area contributed by atoms with Crippen molar-refractivity contribution in [3.63, 3.8) is 0 Å². The fourth-order valence-electron chi connectivity index (χ4n) is 1.78. The predicted molar refractivity (Wildman–Crippen MR) is 51.7 cm³/mol. The molecule has 5 nitrogen and oxygen atoms in total. The normalized spacial score (nSPS) is 14.6. The number of hydrogen-bond donors (Lipinski definition) is 2. The molecule has 5 heteroatoms. The highest BCUT2D eigenvalue weighted by Crippen LogP contribution is 2.20. The van der Waals surface area contributed by atoms with Crippen LogP contribution in [0.5, 0.6) is 0 Å². The van der Waals surface area contributed by atoms with Crippen molar-refractivity contribution in [2.45, 2.75) is 26.3 Å². The Hall–Kier alpha value is -1.52. The summed E-state index contributed by atoms with van der Waals surface area (Å²) in [6.07, 6.45) is 1.61. The van der Waals surface area contributed by atoms with Gasteiger partial charge in [-0.25, -0.2) is 9.78 Å². The van der Waals surface area contributed by atoms with Crippen molar-refractivity contribution in [1.82, 2.24) is 9.55 Å². The Morgan fingerprint density at radius 3 is 3.14 bits per heavy atom. The molecule has 0 radical (unpaired) electrons. The van der Waals surface area contributed by atoms with Gasteiger partial charge in [0.2, 0.25) is 5.95 Å². The van der Waals surface area contributed by atoms with E-state index >= 15 is 0 Å². The van der Waals surface area contributed by atoms with Gasteiger partial charge in [-0.15, -0.1) is 0 Å². The number of aromatic carboxylic acids is 1. The van der Waals surface area contributed by atoms with Gasteiger partial charge in [0, 0.05) is 13.1 Å². The van der Waals surface area contributed by atoms with Crippen LogP contribution in [0.3, 0.4) is 0 Å². The fourth-order valence-corrected chi connectivity index (χ4v) is 1.78. The van der Waals surface area contributed by atoms with Gasteiger partial charge >= 0.3 is 5.97 Å². The van der Waals surface area contributed by atoms with Crippen molar-refractivity contribution < 1.29 is 9.90 Å². The molecule has 0 aliphatic carbocycles. The van der Waals surface area contributed by atoms with Crippen LogP contribution in [-0.2, 0) is 13.0 Å². The monoisotopic (exact) mass is 195 g/mol. The van der Waals surface area contributed by atoms with E-state index in [0.29, 0.717) is 23.8 Å². The Balaban J connectivity index is 2.53. The smallest absolute Gasteiger partial charge is 0.354 e. The number of aromatic nitrogens is 2. The fraction of sp³-hybridized carbons (Fsp3) is 0.556. The maximum Gasteiger partial charge on any atom is 0.354 e. The van der Waals surface area contributed by atoms with E-state index in [9.17, 15) is 4.79 Å². The number of aryl methyl sites for hydroxylation is 1. The first kappa shape index (κ1) is 9.05. The molecule has 1 aliphatic rings. The molecule has 76 valence electrons. The van der Waals surface area contributed by atoms with Gasteiger partial charge in [-0.05, 0) is 12.8 Å². The second-order valence-corrected chi connectivity index (χ2v) is 3.32. The highest BCUT2D eigenvalue weighted by atomic mass is 16.4. The minimum Gasteiger partial charge on any atom is -0.477 e. The van der Waals surface area contributed by atoms with Crippen molar-refractivity contribution >= 4 is 11.9 Å². The third-order valence-electron chi connectivity index (χ3n) is 2.42. The number of nitrogens with zero attached hydrogens (tertiary/aromatic N) is 2. The van der Waals surface area contributed by atoms with Crippen molar-refractivity contribution in [2.24, 2.45) is 0 Å². The first-order chi connectivity index (χ1) is 6.74. The van der Waals surface area contributed by atoms with Gasteiger partial charge in [-0.3, -0.25) is 0 Å². The Morgan fingerprint density at radius 2 is 2.50 bits per heavy atom. The summed E-state index contributed by atoms with van der Waals surface area (Å²) in [6.45, 7) is 3.54. The number of carboxylic acid groups (broad SMARTS) is 1. The van der Waals surface area contributed by atoms with Crippen LogP contribution in [0.15, 0.2) is 0 Å². The lowest BCUT2D eigenvalue weighted by atomic mass is 10.2. The van der Waals surface area contributed by atoms with E-state index in [2.05, 4.69) is 10.3 Å². The summed E-state index contributed by atoms with van der Waals surface area (Å²) in [6, 6.07) is 0. The average Bonchev–Trinajstić information content (AvgIpc) is 2.55. The lowest BCUT2D eigenvalue weighted by molar-refractivity contribution is 0.0683. The highest BCUT2D eigenvalue weighted by Gasteiger charge is 2.22. The Bertz CT molecular complexity index is 370. The third-order valence-corrected chi connectivity index (χ3v) is 2.42. The molecule has 14 heavy (non-hydrogen) atoms. The van der Waals surface area contributed by atoms with Crippen LogP contribution < -0.4 is 5.32 Å². The molecule has 0 atom stereocenters. The van der Waals surface area contributed by atoms with E-state index in [1.165, 1.54) is 0 Å². The zero-order valence-corrected chi connectivity index (χ0v) is 8.08. The molecule has 2 rings (SSSR count). The van der Waals surface area contributed by atoms with Crippen LogP contribution in [0.1, 0.15) is 29.5 Å². The summed E-state index contributed by atoms with van der Waals surface area (Å²) >= 11 is 0. The zero-order chi connectivity index (χ0) is 10.1. The quantitative estimate of drug-likeness (QED) is 0.737. The second kappa shape index (κ2) is 3.32. The largest absolute Gasteiger partial charge is 0.477 e. The van der Waals surface area contributed by atoms with E-state index in [1.807, 2.05) is 6.92 Å². The molecule has 0 saturated carbocycles. The van der Waals surface area contributed by atoms with E-state index in [1.54, 1.807) is 4.57 Å². The molecular formula is C9H13N3O2. The minimum absolute atomic E-state index is 0.342. The van der Waals surface area contributed by atoms with Gasteiger partial charge in [-0.1, -0.05) is 6.92 Å². The average molecular weight is 195 g/mol. The summed E-state index contributed by atoms with van der Waals surface area (Å²) in [5, 5.41) is 12.2. The number of hydrogen-bond acceptors (Lipinski definition) is 3. The summed E-state index contributed by atoms with van der Waals surface area (Å²) in [4.78, 5) is 15.3. The van der Waals surface area contributed by atoms with Gasteiger partial charge in [0.05, 0.1) is 5.69 Å². The summed E-state index contributed by atoms with van der Waals surface area (Å²) in [7, 11) is 0. The topological polar surface area (TPSA) is 67.2 Å². The molecule has 0 saturated heterocycles. The number of anilines is 1. The molecule has 1 aromatic rings. The lowest BCUT2D eigenvalue weighted by Gasteiger charge is -2.16. The number of fused-ring (bicyclic) bond motifs is 1. The Morgan fingerprint density at radius 1 is 1.71 bits per heavy atom. The minimum atomic E-state index is -0.885. The zero-order valence-electron chi connectivity index (χ0n) is 8.08. The molecule has 0 amide bonds. The predicted octanol–water partition coefficient (Wildman–Crippen LogP) is 0.959. The van der Waals surface area contributed by atoms with Crippen molar-refractivity contribution in [3.05, 3.63) is 11.4 Å². The molecule has 0 bridgehead atoms. The van der Waals surface area contributed by atoms with Crippen LogP contribution >= 0.6 is 0 Å². The number of nitrogens with one attached hydrogen (secondary N) is 1. The van der Waals surface area contributed by atoms with Gasteiger partial charge in [-0.2, -0.15) is 0 Å². The number of rotatable bonds is 2. The standard InChI is InChI=1S/C9H13N3O2/c1-2-6-7(8(13)14)12-5-3-4-10-9(12)11-6/h2-5H2,1H3,(H,10,11)(H,13,14). The molecule has 2 N–H and O–H groups in total. The first-order valence-electron chi connectivity index (χ1n) is 4.80. The maximum atomic E-state index is 11.0. The maximum absolute atomic E-state index is 11.0. The van der Waals surface area contributed by atoms with Gasteiger partial charge < -0.3 is 15.0 Å². The molecule has 1 aromatic heterocycles. The van der Waals surface area contributed by atoms with Crippen molar-refractivity contribution in [1.29, 1.82) is 0 Å². The highest BCUT2D eigenvalue weighted by molar-refractivity contribution is 5.88. The molecular weight excluding hydrogens is 182 g/mol. The van der Waals surface area contributed by atoms with Gasteiger partial charge in [0.15, 0.2) is 5.69 Å². The summed E-state index contributed by atoms with van der Waals surface area (Å²) in [5.74, 6) is -0.185. The van der Waals surface area contributed by atoms with Gasteiger partial charge in [0.25, 0.3) is 0 Å². The van der Waals surface area contributed by atoms with Crippen molar-refractivity contribution in [3.8, 4) is 0 Å². The van der Waals surface area contributed by atoms with E-state index in [-0.39, 0.29) is 0 Å². The Kier molecular flexibility index (Phi) is 2.15. The number of carboxylic acids is 1. The number of carbonyl (C=O) groups is 1. The SMILES string of the molecule is CCc1nc2n(c1C(=O)O)CCCN2. The summed E-state index contributed by atoms with van der Waals surface area (Å²) < 4.78 is 1.75. The van der Waals surface area contributed by atoms with E-state index in [0.717, 1.165) is 19.5 Å². The Labute approximate surface area is 81.8 Å². The van der Waals surface area contributed by atoms with Crippen LogP contribution in [-0.4, -0.2) is 27.2 Å². The second-order valence-electron chi connectivity index (χ2n) is 3.32. The van der Waals surface area contributed by atoms with E-state index < -0.39 is 5.97 Å². The molecule has 0 fully saturated rings. The molecule has 0 unspecified atom stereocenters. The van der Waals surface area contributed by atoms with Gasteiger partial charge in [0.1, 0.15) is 0 Å². The molecule has 1 aliphatic heterocycles. The van der Waals surface area contributed by atoms with Crippen LogP contribution in [0.2, 0.25) is 0 Å². The lowest BCUT2D eigenvalue weighted by Crippen LogP contribution is -2.20. The van der Waals surface area contributed by atoms with Crippen LogP contribution in [0, 0.1) is 0 Å². The van der Waals surface area contributed by atoms with Crippen LogP contribution in [0.25, 0.3) is 0 Å². The third kappa shape index (κ3) is 1.25. The number of imidazole rings is 1.